The van der Waals surface area contributed by atoms with Gasteiger partial charge in [-0.25, -0.2) is 17.2 Å². The van der Waals surface area contributed by atoms with Crippen LogP contribution in [-0.4, -0.2) is 45.2 Å². The first-order chi connectivity index (χ1) is 17.2. The SMILES string of the molecule is CS(=O)(=O)c1cccc(C(=O)C2CCC[C@@H]2C(=O)NC(c2ccc(C(F)(F)F)cc2F)C2(F)COC2)c1. The standard InChI is InChI=1S/C25H24F5NO5S/c1-37(34,35)16-5-2-4-14(10-16)21(32)17-6-3-7-18(17)23(33)31-22(24(27)12-36-13-24)19-9-8-15(11-20(19)26)25(28,29)30/h2,4-5,8-11,17-18,22H,3,6-7,12-13H2,1H3,(H,31,33)/t17?,18-,22?/m0/s1. The topological polar surface area (TPSA) is 89.5 Å². The van der Waals surface area contributed by atoms with Crippen LogP contribution in [0.4, 0.5) is 22.0 Å². The number of amides is 1. The lowest BCUT2D eigenvalue weighted by molar-refractivity contribution is -0.156. The number of benzene rings is 2. The van der Waals surface area contributed by atoms with Crippen LogP contribution >= 0.6 is 0 Å². The van der Waals surface area contributed by atoms with Crippen molar-refractivity contribution in [2.24, 2.45) is 11.8 Å². The largest absolute Gasteiger partial charge is 0.416 e. The number of hydrogen-bond acceptors (Lipinski definition) is 5. The van der Waals surface area contributed by atoms with E-state index in [1.807, 2.05) is 0 Å². The van der Waals surface area contributed by atoms with Gasteiger partial charge in [0, 0.05) is 29.2 Å². The number of Topliss-reactive ketones (excluding diaryl/α,β-unsaturated/α-hetero) is 1. The second-order valence-electron chi connectivity index (χ2n) is 9.51. The van der Waals surface area contributed by atoms with E-state index in [4.69, 9.17) is 4.74 Å². The smallest absolute Gasteiger partial charge is 0.374 e. The lowest BCUT2D eigenvalue weighted by Crippen LogP contribution is -2.56. The van der Waals surface area contributed by atoms with E-state index >= 15 is 4.39 Å². The highest BCUT2D eigenvalue weighted by Gasteiger charge is 2.50. The molecule has 1 saturated carbocycles. The Hall–Kier alpha value is -2.86. The fourth-order valence-corrected chi connectivity index (χ4v) is 5.48. The number of ketones is 1. The number of rotatable bonds is 7. The minimum atomic E-state index is -4.81. The van der Waals surface area contributed by atoms with Crippen molar-refractivity contribution in [1.82, 2.24) is 5.32 Å². The van der Waals surface area contributed by atoms with Gasteiger partial charge in [0.25, 0.3) is 0 Å². The minimum Gasteiger partial charge on any atom is -0.374 e. The highest BCUT2D eigenvalue weighted by Crippen LogP contribution is 2.41. The molecule has 3 atom stereocenters. The third kappa shape index (κ3) is 5.54. The van der Waals surface area contributed by atoms with Crippen molar-refractivity contribution < 1.29 is 44.7 Å². The molecule has 1 saturated heterocycles. The predicted molar refractivity (Wildman–Crippen MR) is 122 cm³/mol. The van der Waals surface area contributed by atoms with Gasteiger partial charge < -0.3 is 10.1 Å². The summed E-state index contributed by atoms with van der Waals surface area (Å²) in [5.41, 5.74) is -3.87. The molecule has 6 nitrogen and oxygen atoms in total. The molecule has 2 fully saturated rings. The maximum Gasteiger partial charge on any atom is 0.416 e. The van der Waals surface area contributed by atoms with Gasteiger partial charge >= 0.3 is 6.18 Å². The molecule has 1 amide bonds. The first kappa shape index (κ1) is 27.2. The number of ether oxygens (including phenoxy) is 1. The molecule has 2 aromatic carbocycles. The van der Waals surface area contributed by atoms with Crippen molar-refractivity contribution in [3.8, 4) is 0 Å². The Labute approximate surface area is 210 Å². The Balaban J connectivity index is 1.59. The summed E-state index contributed by atoms with van der Waals surface area (Å²) in [5, 5.41) is 2.43. The minimum absolute atomic E-state index is 0.0560. The molecule has 2 aliphatic rings. The molecule has 0 spiro atoms. The van der Waals surface area contributed by atoms with Crippen molar-refractivity contribution >= 4 is 21.5 Å². The number of carbonyl (C=O) groups excluding carboxylic acids is 2. The molecule has 2 unspecified atom stereocenters. The molecule has 1 N–H and O–H groups in total. The fourth-order valence-electron chi connectivity index (χ4n) is 4.82. The Morgan fingerprint density at radius 1 is 1.08 bits per heavy atom. The lowest BCUT2D eigenvalue weighted by atomic mass is 9.85. The van der Waals surface area contributed by atoms with Crippen LogP contribution in [0.5, 0.6) is 0 Å². The van der Waals surface area contributed by atoms with E-state index in [0.29, 0.717) is 18.9 Å². The van der Waals surface area contributed by atoms with E-state index < -0.39 is 81.4 Å². The molecule has 1 aliphatic carbocycles. The zero-order valence-electron chi connectivity index (χ0n) is 19.6. The van der Waals surface area contributed by atoms with Crippen LogP contribution in [0.25, 0.3) is 0 Å². The van der Waals surface area contributed by atoms with Gasteiger partial charge in [-0.2, -0.15) is 13.2 Å². The molecule has 37 heavy (non-hydrogen) atoms. The normalized spacial score (nSPS) is 22.2. The van der Waals surface area contributed by atoms with Crippen molar-refractivity contribution in [1.29, 1.82) is 0 Å². The molecule has 0 bridgehead atoms. The molecule has 0 radical (unpaired) electrons. The van der Waals surface area contributed by atoms with Crippen molar-refractivity contribution in [3.05, 3.63) is 65.0 Å². The summed E-state index contributed by atoms with van der Waals surface area (Å²) in [6.45, 7) is -0.993. The van der Waals surface area contributed by atoms with Gasteiger partial charge in [0.05, 0.1) is 29.7 Å². The Morgan fingerprint density at radius 3 is 2.32 bits per heavy atom. The Morgan fingerprint density at radius 2 is 1.76 bits per heavy atom. The molecular weight excluding hydrogens is 521 g/mol. The van der Waals surface area contributed by atoms with Gasteiger partial charge in [-0.05, 0) is 37.1 Å². The molecule has 2 aromatic rings. The van der Waals surface area contributed by atoms with Crippen LogP contribution in [0.2, 0.25) is 0 Å². The molecule has 200 valence electrons. The van der Waals surface area contributed by atoms with Crippen LogP contribution in [0, 0.1) is 17.7 Å². The summed E-state index contributed by atoms with van der Waals surface area (Å²) in [7, 11) is -3.58. The van der Waals surface area contributed by atoms with Crippen molar-refractivity contribution in [2.45, 2.75) is 42.0 Å². The number of alkyl halides is 4. The average molecular weight is 546 g/mol. The van der Waals surface area contributed by atoms with Gasteiger partial charge in [-0.1, -0.05) is 24.6 Å². The highest BCUT2D eigenvalue weighted by molar-refractivity contribution is 7.90. The highest BCUT2D eigenvalue weighted by atomic mass is 32.2. The van der Waals surface area contributed by atoms with E-state index in [1.54, 1.807) is 0 Å². The van der Waals surface area contributed by atoms with Crippen LogP contribution in [0.1, 0.15) is 46.8 Å². The predicted octanol–water partition coefficient (Wildman–Crippen LogP) is 4.44. The fraction of sp³-hybridized carbons (Fsp3) is 0.440. The van der Waals surface area contributed by atoms with Crippen molar-refractivity contribution in [2.75, 3.05) is 19.5 Å². The quantitative estimate of drug-likeness (QED) is 0.411. The summed E-state index contributed by atoms with van der Waals surface area (Å²) in [6, 6.07) is 5.43. The van der Waals surface area contributed by atoms with Gasteiger partial charge in [0.15, 0.2) is 21.3 Å². The Bertz CT molecular complexity index is 1320. The summed E-state index contributed by atoms with van der Waals surface area (Å²) in [5.74, 6) is -4.29. The van der Waals surface area contributed by atoms with E-state index in [2.05, 4.69) is 5.32 Å². The lowest BCUT2D eigenvalue weighted by Gasteiger charge is -2.41. The summed E-state index contributed by atoms with van der Waals surface area (Å²) < 4.78 is 97.8. The summed E-state index contributed by atoms with van der Waals surface area (Å²) in [6.07, 6.45) is -2.73. The van der Waals surface area contributed by atoms with Crippen LogP contribution in [0.3, 0.4) is 0 Å². The number of hydrogen-bond donors (Lipinski definition) is 1. The average Bonchev–Trinajstić information content (AvgIpc) is 3.30. The summed E-state index contributed by atoms with van der Waals surface area (Å²) in [4.78, 5) is 26.4. The van der Waals surface area contributed by atoms with Crippen molar-refractivity contribution in [3.63, 3.8) is 0 Å². The Kier molecular flexibility index (Phi) is 7.19. The van der Waals surface area contributed by atoms with Gasteiger partial charge in [0.2, 0.25) is 5.91 Å². The first-order valence-electron chi connectivity index (χ1n) is 11.5. The number of nitrogens with one attached hydrogen (secondary N) is 1. The maximum atomic E-state index is 15.4. The molecule has 4 rings (SSSR count). The van der Waals surface area contributed by atoms with Crippen LogP contribution in [0.15, 0.2) is 47.4 Å². The zero-order valence-corrected chi connectivity index (χ0v) is 20.5. The van der Waals surface area contributed by atoms with E-state index in [1.165, 1.54) is 24.3 Å². The van der Waals surface area contributed by atoms with Gasteiger partial charge in [0.1, 0.15) is 5.82 Å². The number of carbonyl (C=O) groups is 2. The van der Waals surface area contributed by atoms with Gasteiger partial charge in [-0.3, -0.25) is 9.59 Å². The molecule has 0 aromatic heterocycles. The molecule has 12 heteroatoms. The molecule has 1 aliphatic heterocycles. The van der Waals surface area contributed by atoms with Crippen LogP contribution < -0.4 is 5.32 Å². The first-order valence-corrected chi connectivity index (χ1v) is 13.4. The number of halogens is 5. The van der Waals surface area contributed by atoms with E-state index in [-0.39, 0.29) is 22.9 Å². The maximum absolute atomic E-state index is 15.4. The number of sulfone groups is 1. The summed E-state index contributed by atoms with van der Waals surface area (Å²) >= 11 is 0. The zero-order chi connectivity index (χ0) is 27.2. The molecule has 1 heterocycles. The molecular formula is C25H24F5NO5S. The third-order valence-corrected chi connectivity index (χ3v) is 7.97. The second-order valence-corrected chi connectivity index (χ2v) is 11.5. The van der Waals surface area contributed by atoms with Gasteiger partial charge in [-0.15, -0.1) is 0 Å². The second kappa shape index (κ2) is 9.79. The van der Waals surface area contributed by atoms with E-state index in [0.717, 1.165) is 12.3 Å². The monoisotopic (exact) mass is 545 g/mol. The third-order valence-electron chi connectivity index (χ3n) is 6.86. The van der Waals surface area contributed by atoms with E-state index in [9.17, 15) is 35.6 Å². The van der Waals surface area contributed by atoms with Crippen LogP contribution in [-0.2, 0) is 25.5 Å².